The van der Waals surface area contributed by atoms with Gasteiger partial charge in [0.15, 0.2) is 0 Å². The van der Waals surface area contributed by atoms with Gasteiger partial charge in [0.25, 0.3) is 5.91 Å². The minimum absolute atomic E-state index is 0.0127. The predicted molar refractivity (Wildman–Crippen MR) is 116 cm³/mol. The van der Waals surface area contributed by atoms with E-state index >= 15 is 0 Å². The van der Waals surface area contributed by atoms with E-state index in [0.29, 0.717) is 11.4 Å². The van der Waals surface area contributed by atoms with Crippen LogP contribution in [0.15, 0.2) is 53.6 Å². The van der Waals surface area contributed by atoms with Gasteiger partial charge in [0.05, 0.1) is 18.9 Å². The van der Waals surface area contributed by atoms with Crippen molar-refractivity contribution in [2.75, 3.05) is 20.7 Å². The zero-order valence-corrected chi connectivity index (χ0v) is 17.8. The second-order valence-corrected chi connectivity index (χ2v) is 8.19. The minimum Gasteiger partial charge on any atom is -0.497 e. The highest BCUT2D eigenvalue weighted by atomic mass is 35.5. The number of carbonyl (C=O) groups is 2. The molecule has 1 atom stereocenters. The Balaban J connectivity index is 1.59. The molecule has 1 fully saturated rings. The molecule has 0 bridgehead atoms. The topological polar surface area (TPSA) is 62.2 Å². The van der Waals surface area contributed by atoms with Crippen molar-refractivity contribution in [3.8, 4) is 5.75 Å². The summed E-state index contributed by atoms with van der Waals surface area (Å²) in [4.78, 5) is 26.9. The lowest BCUT2D eigenvalue weighted by Gasteiger charge is -2.25. The molecule has 7 heteroatoms. The minimum atomic E-state index is -0.240. The quantitative estimate of drug-likeness (QED) is 0.705. The molecule has 1 heterocycles. The molecule has 1 unspecified atom stereocenters. The fourth-order valence-electron chi connectivity index (χ4n) is 3.64. The number of hydrogen-bond donors (Lipinski definition) is 0. The summed E-state index contributed by atoms with van der Waals surface area (Å²) in [7, 11) is 3.30. The van der Waals surface area contributed by atoms with E-state index in [1.165, 1.54) is 9.91 Å². The highest BCUT2D eigenvalue weighted by molar-refractivity contribution is 6.30. The molecule has 0 spiro atoms. The van der Waals surface area contributed by atoms with Gasteiger partial charge in [0.2, 0.25) is 5.91 Å². The maximum Gasteiger partial charge on any atom is 0.262 e. The van der Waals surface area contributed by atoms with Gasteiger partial charge in [-0.2, -0.15) is 5.10 Å². The van der Waals surface area contributed by atoms with Crippen molar-refractivity contribution in [1.29, 1.82) is 0 Å². The van der Waals surface area contributed by atoms with Crippen molar-refractivity contribution < 1.29 is 14.3 Å². The number of likely N-dealkylation sites (N-methyl/N-ethyl adjacent to an activating group) is 1. The zero-order valence-electron chi connectivity index (χ0n) is 17.0. The summed E-state index contributed by atoms with van der Waals surface area (Å²) in [6.45, 7) is 0.0127. The molecule has 1 saturated carbocycles. The van der Waals surface area contributed by atoms with Crippen LogP contribution in [0.1, 0.15) is 36.4 Å². The van der Waals surface area contributed by atoms with E-state index in [-0.39, 0.29) is 30.3 Å². The van der Waals surface area contributed by atoms with Gasteiger partial charge in [-0.25, -0.2) is 5.01 Å². The molecule has 156 valence electrons. The third kappa shape index (κ3) is 4.33. The first-order chi connectivity index (χ1) is 14.5. The number of methoxy groups -OCH3 is 1. The zero-order chi connectivity index (χ0) is 21.3. The third-order valence-electron chi connectivity index (χ3n) is 5.52. The largest absolute Gasteiger partial charge is 0.497 e. The van der Waals surface area contributed by atoms with Crippen molar-refractivity contribution in [2.45, 2.75) is 25.3 Å². The summed E-state index contributed by atoms with van der Waals surface area (Å²) in [5.41, 5.74) is 2.71. The van der Waals surface area contributed by atoms with Gasteiger partial charge in [0, 0.05) is 24.4 Å². The normalized spacial score (nSPS) is 18.2. The third-order valence-corrected chi connectivity index (χ3v) is 5.77. The molecule has 1 aliphatic carbocycles. The summed E-state index contributed by atoms with van der Waals surface area (Å²) >= 11 is 6.04. The fourth-order valence-corrected chi connectivity index (χ4v) is 3.76. The molecular weight excluding hydrogens is 402 g/mol. The van der Waals surface area contributed by atoms with Crippen LogP contribution in [-0.2, 0) is 9.59 Å². The van der Waals surface area contributed by atoms with Gasteiger partial charge in [-0.15, -0.1) is 0 Å². The van der Waals surface area contributed by atoms with Crippen LogP contribution in [0.2, 0.25) is 5.02 Å². The van der Waals surface area contributed by atoms with Crippen molar-refractivity contribution in [2.24, 2.45) is 11.0 Å². The Morgan fingerprint density at radius 1 is 1.13 bits per heavy atom. The van der Waals surface area contributed by atoms with Gasteiger partial charge >= 0.3 is 0 Å². The number of amides is 2. The molecule has 4 rings (SSSR count). The number of nitrogens with zero attached hydrogens (tertiary/aromatic N) is 3. The van der Waals surface area contributed by atoms with Crippen LogP contribution < -0.4 is 4.74 Å². The molecule has 2 aromatic carbocycles. The maximum atomic E-state index is 13.1. The monoisotopic (exact) mass is 425 g/mol. The molecule has 0 saturated heterocycles. The number of rotatable bonds is 6. The highest BCUT2D eigenvalue weighted by Crippen LogP contribution is 2.34. The Morgan fingerprint density at radius 2 is 1.80 bits per heavy atom. The molecule has 30 heavy (non-hydrogen) atoms. The van der Waals surface area contributed by atoms with Crippen molar-refractivity contribution >= 4 is 29.1 Å². The molecule has 2 aliphatic rings. The van der Waals surface area contributed by atoms with Crippen molar-refractivity contribution in [3.05, 3.63) is 64.7 Å². The van der Waals surface area contributed by atoms with Gasteiger partial charge in [-0.05, 0) is 60.4 Å². The smallest absolute Gasteiger partial charge is 0.262 e. The van der Waals surface area contributed by atoms with E-state index in [1.54, 1.807) is 14.2 Å². The fraction of sp³-hybridized carbons (Fsp3) is 0.348. The number of hydrogen-bond acceptors (Lipinski definition) is 4. The number of ether oxygens (including phenoxy) is 1. The molecule has 0 N–H and O–H groups in total. The van der Waals surface area contributed by atoms with Crippen LogP contribution in [0.4, 0.5) is 0 Å². The van der Waals surface area contributed by atoms with Crippen LogP contribution >= 0.6 is 11.6 Å². The average molecular weight is 426 g/mol. The van der Waals surface area contributed by atoms with Crippen LogP contribution in [0.5, 0.6) is 5.75 Å². The first-order valence-corrected chi connectivity index (χ1v) is 10.4. The van der Waals surface area contributed by atoms with Gasteiger partial charge < -0.3 is 9.64 Å². The first kappa shape index (κ1) is 20.4. The van der Waals surface area contributed by atoms with Gasteiger partial charge in [0.1, 0.15) is 12.3 Å². The second-order valence-electron chi connectivity index (χ2n) is 7.75. The lowest BCUT2D eigenvalue weighted by atomic mass is 9.98. The maximum absolute atomic E-state index is 13.1. The van der Waals surface area contributed by atoms with E-state index < -0.39 is 0 Å². The van der Waals surface area contributed by atoms with Gasteiger partial charge in [-0.3, -0.25) is 9.59 Å². The number of carbonyl (C=O) groups excluding carboxylic acids is 2. The standard InChI is InChI=1S/C23H24ClN3O3/c1-26(23(29)17-3-4-17)14-22(28)27-21(16-5-9-18(24)10-6-16)13-20(25-27)15-7-11-19(30-2)12-8-15/h5-12,17,21H,3-4,13-14H2,1-2H3. The van der Waals surface area contributed by atoms with E-state index in [2.05, 4.69) is 5.10 Å². The second kappa shape index (κ2) is 8.48. The Kier molecular flexibility index (Phi) is 5.77. The van der Waals surface area contributed by atoms with Crippen molar-refractivity contribution in [3.63, 3.8) is 0 Å². The molecule has 0 radical (unpaired) electrons. The summed E-state index contributed by atoms with van der Waals surface area (Å²) in [6.07, 6.45) is 2.41. The summed E-state index contributed by atoms with van der Waals surface area (Å²) in [5.74, 6) is 0.673. The molecular formula is C23H24ClN3O3. The van der Waals surface area contributed by atoms with E-state index in [4.69, 9.17) is 16.3 Å². The SMILES string of the molecule is COc1ccc(C2=NN(C(=O)CN(C)C(=O)C3CC3)C(c3ccc(Cl)cc3)C2)cc1. The first-order valence-electron chi connectivity index (χ1n) is 10.0. The average Bonchev–Trinajstić information content (AvgIpc) is 3.51. The Labute approximate surface area is 181 Å². The van der Waals surface area contributed by atoms with Crippen molar-refractivity contribution in [1.82, 2.24) is 9.91 Å². The lowest BCUT2D eigenvalue weighted by Crippen LogP contribution is -2.39. The molecule has 0 aromatic heterocycles. The predicted octanol–water partition coefficient (Wildman–Crippen LogP) is 3.89. The van der Waals surface area contributed by atoms with Crippen LogP contribution in [-0.4, -0.2) is 48.1 Å². The summed E-state index contributed by atoms with van der Waals surface area (Å²) < 4.78 is 5.23. The van der Waals surface area contributed by atoms with Crippen LogP contribution in [0.25, 0.3) is 0 Å². The number of hydrazone groups is 1. The Bertz CT molecular complexity index is 968. The van der Waals surface area contributed by atoms with E-state index in [9.17, 15) is 9.59 Å². The Hall–Kier alpha value is -2.86. The van der Waals surface area contributed by atoms with E-state index in [0.717, 1.165) is 35.4 Å². The summed E-state index contributed by atoms with van der Waals surface area (Å²) in [6, 6.07) is 14.8. The number of benzene rings is 2. The lowest BCUT2D eigenvalue weighted by molar-refractivity contribution is -0.141. The van der Waals surface area contributed by atoms with Gasteiger partial charge in [-0.1, -0.05) is 23.7 Å². The van der Waals surface area contributed by atoms with Crippen LogP contribution in [0, 0.1) is 5.92 Å². The Morgan fingerprint density at radius 3 is 2.40 bits per heavy atom. The van der Waals surface area contributed by atoms with Crippen LogP contribution in [0.3, 0.4) is 0 Å². The summed E-state index contributed by atoms with van der Waals surface area (Å²) in [5, 5.41) is 6.81. The molecule has 2 amide bonds. The number of halogens is 1. The molecule has 1 aliphatic heterocycles. The van der Waals surface area contributed by atoms with E-state index in [1.807, 2.05) is 48.5 Å². The molecule has 6 nitrogen and oxygen atoms in total. The highest BCUT2D eigenvalue weighted by Gasteiger charge is 2.36. The molecule has 2 aromatic rings.